The van der Waals surface area contributed by atoms with Crippen molar-refractivity contribution in [1.29, 1.82) is 0 Å². The summed E-state index contributed by atoms with van der Waals surface area (Å²) in [6.45, 7) is 4.62. The number of aromatic nitrogens is 3. The number of guanidine groups is 1. The third-order valence-electron chi connectivity index (χ3n) is 6.39. The van der Waals surface area contributed by atoms with E-state index in [1.54, 1.807) is 0 Å². The molecule has 1 unspecified atom stereocenters. The SMILES string of the molecule is Cc1nnc(CN=C(NC2CCCCC2)NC2CCCN(c3ccccc3)C2)n1C.I. The molecule has 0 amide bonds. The molecular formula is C23H36IN7. The third-order valence-corrected chi connectivity index (χ3v) is 6.39. The van der Waals surface area contributed by atoms with E-state index in [-0.39, 0.29) is 24.0 Å². The number of aryl methyl sites for hydroxylation is 1. The largest absolute Gasteiger partial charge is 0.369 e. The third kappa shape index (κ3) is 6.57. The van der Waals surface area contributed by atoms with Gasteiger partial charge in [-0.05, 0) is 44.7 Å². The molecule has 0 spiro atoms. The lowest BCUT2D eigenvalue weighted by Crippen LogP contribution is -2.53. The monoisotopic (exact) mass is 537 g/mol. The van der Waals surface area contributed by atoms with Gasteiger partial charge in [0.05, 0.1) is 0 Å². The van der Waals surface area contributed by atoms with E-state index in [9.17, 15) is 0 Å². The van der Waals surface area contributed by atoms with Crippen LogP contribution in [0.15, 0.2) is 35.3 Å². The van der Waals surface area contributed by atoms with Crippen LogP contribution in [-0.2, 0) is 13.6 Å². The average Bonchev–Trinajstić information content (AvgIpc) is 3.11. The van der Waals surface area contributed by atoms with Crippen molar-refractivity contribution >= 4 is 35.6 Å². The van der Waals surface area contributed by atoms with E-state index in [1.165, 1.54) is 44.2 Å². The molecule has 1 saturated carbocycles. The number of rotatable bonds is 5. The van der Waals surface area contributed by atoms with Crippen molar-refractivity contribution in [3.8, 4) is 0 Å². The molecule has 2 N–H and O–H groups in total. The topological polar surface area (TPSA) is 70.4 Å². The maximum atomic E-state index is 4.91. The summed E-state index contributed by atoms with van der Waals surface area (Å²) >= 11 is 0. The molecule has 31 heavy (non-hydrogen) atoms. The van der Waals surface area contributed by atoms with Crippen molar-refractivity contribution in [1.82, 2.24) is 25.4 Å². The van der Waals surface area contributed by atoms with Crippen LogP contribution in [0.25, 0.3) is 0 Å². The number of piperidine rings is 1. The Labute approximate surface area is 203 Å². The fourth-order valence-electron chi connectivity index (χ4n) is 4.47. The van der Waals surface area contributed by atoms with Gasteiger partial charge in [-0.3, -0.25) is 0 Å². The molecule has 2 heterocycles. The van der Waals surface area contributed by atoms with Gasteiger partial charge in [-0.2, -0.15) is 0 Å². The molecule has 2 aromatic rings. The molecule has 0 bridgehead atoms. The van der Waals surface area contributed by atoms with Crippen LogP contribution in [-0.4, -0.2) is 45.9 Å². The lowest BCUT2D eigenvalue weighted by atomic mass is 9.96. The van der Waals surface area contributed by atoms with Crippen LogP contribution < -0.4 is 15.5 Å². The van der Waals surface area contributed by atoms with E-state index in [2.05, 4.69) is 56.1 Å². The molecule has 2 fully saturated rings. The summed E-state index contributed by atoms with van der Waals surface area (Å²) in [6.07, 6.45) is 8.76. The van der Waals surface area contributed by atoms with E-state index in [1.807, 2.05) is 18.5 Å². The molecule has 0 radical (unpaired) electrons. The van der Waals surface area contributed by atoms with E-state index in [4.69, 9.17) is 4.99 Å². The average molecular weight is 537 g/mol. The Kier molecular flexibility index (Phi) is 8.98. The van der Waals surface area contributed by atoms with E-state index in [0.717, 1.165) is 37.1 Å². The number of para-hydroxylation sites is 1. The minimum atomic E-state index is 0. The first kappa shape index (κ1) is 23.8. The Morgan fingerprint density at radius 2 is 1.71 bits per heavy atom. The molecule has 1 aromatic heterocycles. The molecule has 1 atom stereocenters. The fourth-order valence-corrected chi connectivity index (χ4v) is 4.47. The van der Waals surface area contributed by atoms with Crippen molar-refractivity contribution < 1.29 is 0 Å². The number of hydrogen-bond acceptors (Lipinski definition) is 4. The van der Waals surface area contributed by atoms with Crippen LogP contribution in [0.5, 0.6) is 0 Å². The van der Waals surface area contributed by atoms with Gasteiger partial charge < -0.3 is 20.1 Å². The van der Waals surface area contributed by atoms with E-state index >= 15 is 0 Å². The molecular weight excluding hydrogens is 501 g/mol. The van der Waals surface area contributed by atoms with E-state index < -0.39 is 0 Å². The van der Waals surface area contributed by atoms with Gasteiger partial charge in [0, 0.05) is 37.9 Å². The highest BCUT2D eigenvalue weighted by Gasteiger charge is 2.22. The number of anilines is 1. The van der Waals surface area contributed by atoms with Gasteiger partial charge in [0.25, 0.3) is 0 Å². The van der Waals surface area contributed by atoms with Crippen LogP contribution in [0.4, 0.5) is 5.69 Å². The molecule has 2 aliphatic rings. The molecule has 1 aliphatic heterocycles. The molecule has 8 heteroatoms. The fraction of sp³-hybridized carbons (Fsp3) is 0.609. The second kappa shape index (κ2) is 11.7. The van der Waals surface area contributed by atoms with Crippen LogP contribution in [0.2, 0.25) is 0 Å². The Morgan fingerprint density at radius 1 is 1.00 bits per heavy atom. The highest BCUT2D eigenvalue weighted by Crippen LogP contribution is 2.20. The van der Waals surface area contributed by atoms with Crippen molar-refractivity contribution in [3.63, 3.8) is 0 Å². The summed E-state index contributed by atoms with van der Waals surface area (Å²) < 4.78 is 2.01. The van der Waals surface area contributed by atoms with Crippen molar-refractivity contribution in [2.24, 2.45) is 12.0 Å². The van der Waals surface area contributed by atoms with Crippen molar-refractivity contribution in [2.45, 2.75) is 70.5 Å². The second-order valence-corrected chi connectivity index (χ2v) is 8.63. The zero-order chi connectivity index (χ0) is 20.8. The van der Waals surface area contributed by atoms with Gasteiger partial charge in [-0.15, -0.1) is 34.2 Å². The Morgan fingerprint density at radius 3 is 2.42 bits per heavy atom. The summed E-state index contributed by atoms with van der Waals surface area (Å²) in [5.74, 6) is 2.73. The standard InChI is InChI=1S/C23H35N7.HI/c1-18-27-28-22(29(18)2)16-24-23(25-19-10-5-3-6-11-19)26-20-12-9-15-30(17-20)21-13-7-4-8-14-21;/h4,7-8,13-14,19-20H,3,5-6,9-12,15-17H2,1-2H3,(H2,24,25,26);1H. The zero-order valence-electron chi connectivity index (χ0n) is 18.8. The minimum absolute atomic E-state index is 0. The Hall–Kier alpha value is -1.84. The molecule has 1 aromatic carbocycles. The highest BCUT2D eigenvalue weighted by atomic mass is 127. The quantitative estimate of drug-likeness (QED) is 0.345. The lowest BCUT2D eigenvalue weighted by Gasteiger charge is -2.36. The van der Waals surface area contributed by atoms with Crippen LogP contribution >= 0.6 is 24.0 Å². The van der Waals surface area contributed by atoms with Crippen LogP contribution in [0, 0.1) is 6.92 Å². The molecule has 7 nitrogen and oxygen atoms in total. The molecule has 1 saturated heterocycles. The highest BCUT2D eigenvalue weighted by molar-refractivity contribution is 14.0. The van der Waals surface area contributed by atoms with Crippen molar-refractivity contribution in [2.75, 3.05) is 18.0 Å². The molecule has 4 rings (SSSR count). The van der Waals surface area contributed by atoms with Gasteiger partial charge in [0.2, 0.25) is 0 Å². The summed E-state index contributed by atoms with van der Waals surface area (Å²) in [4.78, 5) is 7.38. The number of nitrogens with one attached hydrogen (secondary N) is 2. The number of nitrogens with zero attached hydrogens (tertiary/aromatic N) is 5. The van der Waals surface area contributed by atoms with Gasteiger partial charge >= 0.3 is 0 Å². The van der Waals surface area contributed by atoms with Crippen LogP contribution in [0.1, 0.15) is 56.6 Å². The number of aliphatic imine (C=N–C) groups is 1. The van der Waals surface area contributed by atoms with Gasteiger partial charge in [0.15, 0.2) is 11.8 Å². The smallest absolute Gasteiger partial charge is 0.192 e. The van der Waals surface area contributed by atoms with Gasteiger partial charge in [0.1, 0.15) is 12.4 Å². The lowest BCUT2D eigenvalue weighted by molar-refractivity contribution is 0.402. The zero-order valence-corrected chi connectivity index (χ0v) is 21.1. The summed E-state index contributed by atoms with van der Waals surface area (Å²) in [5, 5.41) is 15.9. The number of hydrogen-bond donors (Lipinski definition) is 2. The Balaban J connectivity index is 0.00000272. The number of halogens is 1. The Bertz CT molecular complexity index is 830. The van der Waals surface area contributed by atoms with E-state index in [0.29, 0.717) is 18.6 Å². The summed E-state index contributed by atoms with van der Waals surface area (Å²) in [6, 6.07) is 11.6. The number of benzene rings is 1. The van der Waals surface area contributed by atoms with Gasteiger partial charge in [-0.25, -0.2) is 4.99 Å². The predicted molar refractivity (Wildman–Crippen MR) is 137 cm³/mol. The second-order valence-electron chi connectivity index (χ2n) is 8.63. The first-order chi connectivity index (χ1) is 14.7. The minimum Gasteiger partial charge on any atom is -0.369 e. The van der Waals surface area contributed by atoms with Gasteiger partial charge in [-0.1, -0.05) is 37.5 Å². The molecule has 170 valence electrons. The molecule has 1 aliphatic carbocycles. The maximum Gasteiger partial charge on any atom is 0.192 e. The first-order valence-electron chi connectivity index (χ1n) is 11.4. The summed E-state index contributed by atoms with van der Waals surface area (Å²) in [7, 11) is 2.00. The van der Waals surface area contributed by atoms with Crippen LogP contribution in [0.3, 0.4) is 0 Å². The predicted octanol–water partition coefficient (Wildman–Crippen LogP) is 3.78. The van der Waals surface area contributed by atoms with Crippen molar-refractivity contribution in [3.05, 3.63) is 42.0 Å². The maximum absolute atomic E-state index is 4.91. The first-order valence-corrected chi connectivity index (χ1v) is 11.4. The summed E-state index contributed by atoms with van der Waals surface area (Å²) in [5.41, 5.74) is 1.30. The normalized spacial score (nSPS) is 20.3.